The molecule has 0 aliphatic carbocycles. The summed E-state index contributed by atoms with van der Waals surface area (Å²) < 4.78 is 5.16. The van der Waals surface area contributed by atoms with Crippen molar-refractivity contribution in [3.05, 3.63) is 11.8 Å². The summed E-state index contributed by atoms with van der Waals surface area (Å²) in [6, 6.07) is 1.88. The smallest absolute Gasteiger partial charge is 0.263 e. The number of carbonyl (C=O) groups is 1. The number of rotatable bonds is 10. The number of hydrogen-bond acceptors (Lipinski definition) is 5. The van der Waals surface area contributed by atoms with E-state index in [0.29, 0.717) is 26.3 Å². The summed E-state index contributed by atoms with van der Waals surface area (Å²) in [5, 5.41) is 14.5. The maximum absolute atomic E-state index is 11.6. The third-order valence-electron chi connectivity index (χ3n) is 2.27. The highest BCUT2D eigenvalue weighted by atomic mass is 16.5. The van der Waals surface area contributed by atoms with Gasteiger partial charge in [0.25, 0.3) is 5.91 Å². The highest BCUT2D eigenvalue weighted by molar-refractivity contribution is 5.97. The summed E-state index contributed by atoms with van der Waals surface area (Å²) in [6.45, 7) is 5.25. The Kier molecular flexibility index (Phi) is 10.6. The van der Waals surface area contributed by atoms with Crippen molar-refractivity contribution in [2.45, 2.75) is 13.3 Å². The van der Waals surface area contributed by atoms with E-state index in [1.165, 1.54) is 6.20 Å². The van der Waals surface area contributed by atoms with Gasteiger partial charge in [0.1, 0.15) is 11.6 Å². The molecule has 0 atom stereocenters. The Bertz CT molecular complexity index is 321. The summed E-state index contributed by atoms with van der Waals surface area (Å²) in [6.07, 6.45) is 2.20. The van der Waals surface area contributed by atoms with Crippen LogP contribution in [0.2, 0.25) is 0 Å². The molecule has 0 aromatic heterocycles. The van der Waals surface area contributed by atoms with Crippen LogP contribution in [0.3, 0.4) is 0 Å². The molecule has 0 radical (unpaired) electrons. The molecule has 6 heteroatoms. The zero-order valence-corrected chi connectivity index (χ0v) is 12.0. The van der Waals surface area contributed by atoms with Gasteiger partial charge in [0.2, 0.25) is 0 Å². The van der Waals surface area contributed by atoms with Gasteiger partial charge in [0, 0.05) is 39.0 Å². The number of ether oxygens (including phenoxy) is 1. The number of nitrogens with zero attached hydrogens (tertiary/aromatic N) is 2. The summed E-state index contributed by atoms with van der Waals surface area (Å²) in [4.78, 5) is 13.7. The van der Waals surface area contributed by atoms with Crippen LogP contribution in [-0.4, -0.2) is 57.8 Å². The van der Waals surface area contributed by atoms with E-state index in [-0.39, 0.29) is 11.5 Å². The Balaban J connectivity index is 3.90. The Labute approximate surface area is 115 Å². The van der Waals surface area contributed by atoms with Crippen LogP contribution in [0.15, 0.2) is 11.8 Å². The van der Waals surface area contributed by atoms with E-state index in [1.807, 2.05) is 32.0 Å². The molecule has 0 aliphatic rings. The molecule has 19 heavy (non-hydrogen) atoms. The maximum Gasteiger partial charge on any atom is 0.263 e. The van der Waals surface area contributed by atoms with Crippen LogP contribution >= 0.6 is 0 Å². The molecule has 0 unspecified atom stereocenters. The fourth-order valence-electron chi connectivity index (χ4n) is 1.23. The first kappa shape index (κ1) is 17.4. The van der Waals surface area contributed by atoms with E-state index in [2.05, 4.69) is 10.6 Å². The van der Waals surface area contributed by atoms with Gasteiger partial charge in [-0.1, -0.05) is 0 Å². The Morgan fingerprint density at radius 3 is 2.74 bits per heavy atom. The third kappa shape index (κ3) is 10.1. The minimum Gasteiger partial charge on any atom is -0.388 e. The van der Waals surface area contributed by atoms with Gasteiger partial charge in [-0.05, 0) is 27.4 Å². The van der Waals surface area contributed by atoms with Crippen molar-refractivity contribution in [1.29, 1.82) is 5.26 Å². The highest BCUT2D eigenvalue weighted by Crippen LogP contribution is 1.91. The first-order valence-corrected chi connectivity index (χ1v) is 6.46. The molecular formula is C13H24N4O2. The van der Waals surface area contributed by atoms with Crippen LogP contribution in [0.1, 0.15) is 13.3 Å². The second kappa shape index (κ2) is 11.5. The quantitative estimate of drug-likeness (QED) is 0.333. The van der Waals surface area contributed by atoms with Crippen molar-refractivity contribution in [3.8, 4) is 6.07 Å². The van der Waals surface area contributed by atoms with Crippen LogP contribution in [-0.2, 0) is 9.53 Å². The molecule has 2 N–H and O–H groups in total. The van der Waals surface area contributed by atoms with E-state index in [1.54, 1.807) is 0 Å². The summed E-state index contributed by atoms with van der Waals surface area (Å²) in [5.41, 5.74) is 0.0927. The standard InChI is InChI=1S/C13H24N4O2/c1-4-19-9-5-6-16-13(18)12(10-14)11-15-7-8-17(2)3/h11,15H,4-9H2,1-3H3,(H,16,18)/b12-11-. The van der Waals surface area contributed by atoms with Crippen LogP contribution in [0.4, 0.5) is 0 Å². The van der Waals surface area contributed by atoms with Gasteiger partial charge in [0.05, 0.1) is 0 Å². The molecule has 0 rings (SSSR count). The lowest BCUT2D eigenvalue weighted by Crippen LogP contribution is -2.28. The maximum atomic E-state index is 11.6. The van der Waals surface area contributed by atoms with Crippen LogP contribution < -0.4 is 10.6 Å². The van der Waals surface area contributed by atoms with E-state index in [0.717, 1.165) is 13.0 Å². The topological polar surface area (TPSA) is 77.4 Å². The molecule has 0 aliphatic heterocycles. The van der Waals surface area contributed by atoms with E-state index in [9.17, 15) is 4.79 Å². The van der Waals surface area contributed by atoms with Crippen LogP contribution in [0, 0.1) is 11.3 Å². The summed E-state index contributed by atoms with van der Waals surface area (Å²) >= 11 is 0. The molecule has 0 fully saturated rings. The lowest BCUT2D eigenvalue weighted by molar-refractivity contribution is -0.117. The second-order valence-corrected chi connectivity index (χ2v) is 4.23. The molecule has 1 amide bonds. The average Bonchev–Trinajstić information content (AvgIpc) is 2.38. The second-order valence-electron chi connectivity index (χ2n) is 4.23. The fraction of sp³-hybridized carbons (Fsp3) is 0.692. The van der Waals surface area contributed by atoms with Crippen molar-refractivity contribution in [3.63, 3.8) is 0 Å². The zero-order chi connectivity index (χ0) is 14.5. The zero-order valence-electron chi connectivity index (χ0n) is 12.0. The summed E-state index contributed by atoms with van der Waals surface area (Å²) in [5.74, 6) is -0.351. The molecule has 0 bridgehead atoms. The van der Waals surface area contributed by atoms with Crippen molar-refractivity contribution >= 4 is 5.91 Å². The normalized spacial score (nSPS) is 11.2. The Morgan fingerprint density at radius 2 is 2.16 bits per heavy atom. The Morgan fingerprint density at radius 1 is 1.42 bits per heavy atom. The van der Waals surface area contributed by atoms with E-state index >= 15 is 0 Å². The number of hydrogen-bond donors (Lipinski definition) is 2. The fourth-order valence-corrected chi connectivity index (χ4v) is 1.23. The average molecular weight is 268 g/mol. The predicted octanol–water partition coefficient (Wildman–Crippen LogP) is 0.0879. The van der Waals surface area contributed by atoms with Crippen molar-refractivity contribution in [2.75, 3.05) is 46.9 Å². The molecule has 6 nitrogen and oxygen atoms in total. The number of nitrogens with one attached hydrogen (secondary N) is 2. The minimum absolute atomic E-state index is 0.0927. The number of amides is 1. The molecule has 108 valence electrons. The molecule has 0 saturated carbocycles. The van der Waals surface area contributed by atoms with E-state index < -0.39 is 0 Å². The van der Waals surface area contributed by atoms with Gasteiger partial charge in [-0.2, -0.15) is 5.26 Å². The molecule has 0 aromatic rings. The molecule has 0 heterocycles. The molecule has 0 aromatic carbocycles. The third-order valence-corrected chi connectivity index (χ3v) is 2.27. The van der Waals surface area contributed by atoms with Crippen molar-refractivity contribution in [2.24, 2.45) is 0 Å². The van der Waals surface area contributed by atoms with Gasteiger partial charge < -0.3 is 20.3 Å². The lowest BCUT2D eigenvalue weighted by atomic mass is 10.3. The molecule has 0 spiro atoms. The van der Waals surface area contributed by atoms with E-state index in [4.69, 9.17) is 10.00 Å². The summed E-state index contributed by atoms with van der Waals surface area (Å²) in [7, 11) is 3.92. The van der Waals surface area contributed by atoms with Crippen molar-refractivity contribution in [1.82, 2.24) is 15.5 Å². The van der Waals surface area contributed by atoms with Gasteiger partial charge in [-0.15, -0.1) is 0 Å². The lowest BCUT2D eigenvalue weighted by Gasteiger charge is -2.09. The van der Waals surface area contributed by atoms with Gasteiger partial charge in [-0.3, -0.25) is 4.79 Å². The monoisotopic (exact) mass is 268 g/mol. The first-order chi connectivity index (χ1) is 9.11. The number of likely N-dealkylation sites (N-methyl/N-ethyl adjacent to an activating group) is 1. The Hall–Kier alpha value is -1.58. The minimum atomic E-state index is -0.351. The predicted molar refractivity (Wildman–Crippen MR) is 74.4 cm³/mol. The molecular weight excluding hydrogens is 244 g/mol. The largest absolute Gasteiger partial charge is 0.388 e. The highest BCUT2D eigenvalue weighted by Gasteiger charge is 2.07. The molecule has 0 saturated heterocycles. The SMILES string of the molecule is CCOCCCNC(=O)/C(C#N)=C\NCCN(C)C. The van der Waals surface area contributed by atoms with Gasteiger partial charge in [-0.25, -0.2) is 0 Å². The van der Waals surface area contributed by atoms with Crippen LogP contribution in [0.5, 0.6) is 0 Å². The first-order valence-electron chi connectivity index (χ1n) is 6.46. The number of nitriles is 1. The van der Waals surface area contributed by atoms with Gasteiger partial charge >= 0.3 is 0 Å². The number of carbonyl (C=O) groups excluding carboxylic acids is 1. The van der Waals surface area contributed by atoms with Crippen molar-refractivity contribution < 1.29 is 9.53 Å². The van der Waals surface area contributed by atoms with Crippen LogP contribution in [0.25, 0.3) is 0 Å². The van der Waals surface area contributed by atoms with Gasteiger partial charge in [0.15, 0.2) is 0 Å².